The van der Waals surface area contributed by atoms with E-state index in [9.17, 15) is 0 Å². The molecular weight excluding hydrogens is 176 g/mol. The largest absolute Gasteiger partial charge is 0.380 e. The maximum Gasteiger partial charge on any atom is 0.0593 e. The molecule has 0 heterocycles. The molecule has 0 radical (unpaired) electrons. The molecule has 3 heteroatoms. The van der Waals surface area contributed by atoms with Crippen molar-refractivity contribution >= 4 is 0 Å². The first-order valence-electron chi connectivity index (χ1n) is 5.71. The predicted molar refractivity (Wildman–Crippen MR) is 61.7 cm³/mol. The number of hydrogen-bond acceptors (Lipinski definition) is 3. The lowest BCUT2D eigenvalue weighted by Crippen LogP contribution is -2.34. The number of hydrogen-bond donors (Lipinski definition) is 1. The fraction of sp³-hybridized carbons (Fsp3) is 1.00. The Morgan fingerprint density at radius 1 is 1.36 bits per heavy atom. The lowest BCUT2D eigenvalue weighted by molar-refractivity contribution is 0.108. The molecular formula is C11H26N2O. The molecule has 1 unspecified atom stereocenters. The second kappa shape index (κ2) is 9.44. The molecule has 0 amide bonds. The molecule has 0 aromatic carbocycles. The average molecular weight is 202 g/mol. The molecule has 14 heavy (non-hydrogen) atoms. The second-order valence-corrected chi connectivity index (χ2v) is 3.67. The van der Waals surface area contributed by atoms with E-state index >= 15 is 0 Å². The first kappa shape index (κ1) is 13.9. The van der Waals surface area contributed by atoms with E-state index < -0.39 is 0 Å². The van der Waals surface area contributed by atoms with Gasteiger partial charge >= 0.3 is 0 Å². The summed E-state index contributed by atoms with van der Waals surface area (Å²) in [6.45, 7) is 11.3. The summed E-state index contributed by atoms with van der Waals surface area (Å²) in [6.07, 6.45) is 1.20. The molecule has 0 spiro atoms. The molecule has 0 aliphatic carbocycles. The van der Waals surface area contributed by atoms with E-state index in [1.807, 2.05) is 6.92 Å². The van der Waals surface area contributed by atoms with Crippen molar-refractivity contribution in [3.05, 3.63) is 0 Å². The van der Waals surface area contributed by atoms with Crippen LogP contribution in [0.2, 0.25) is 0 Å². The zero-order valence-corrected chi connectivity index (χ0v) is 10.2. The van der Waals surface area contributed by atoms with Crippen molar-refractivity contribution in [1.82, 2.24) is 10.2 Å². The van der Waals surface area contributed by atoms with Crippen molar-refractivity contribution < 1.29 is 4.74 Å². The quantitative estimate of drug-likeness (QED) is 0.571. The summed E-state index contributed by atoms with van der Waals surface area (Å²) in [5, 5.41) is 3.34. The van der Waals surface area contributed by atoms with Crippen molar-refractivity contribution in [3.63, 3.8) is 0 Å². The number of nitrogens with one attached hydrogen (secondary N) is 1. The SMILES string of the molecule is CCNCCC(C)N(C)CCOCC. The van der Waals surface area contributed by atoms with E-state index in [-0.39, 0.29) is 0 Å². The van der Waals surface area contributed by atoms with Gasteiger partial charge in [-0.1, -0.05) is 6.92 Å². The molecule has 0 aliphatic rings. The molecule has 86 valence electrons. The molecule has 3 nitrogen and oxygen atoms in total. The zero-order valence-electron chi connectivity index (χ0n) is 10.2. The van der Waals surface area contributed by atoms with Crippen LogP contribution < -0.4 is 5.32 Å². The van der Waals surface area contributed by atoms with Crippen LogP contribution in [0.3, 0.4) is 0 Å². The highest BCUT2D eigenvalue weighted by atomic mass is 16.5. The Bertz CT molecular complexity index is 106. The van der Waals surface area contributed by atoms with E-state index in [1.54, 1.807) is 0 Å². The van der Waals surface area contributed by atoms with Gasteiger partial charge < -0.3 is 15.0 Å². The van der Waals surface area contributed by atoms with Gasteiger partial charge in [0.1, 0.15) is 0 Å². The summed E-state index contributed by atoms with van der Waals surface area (Å²) in [5.41, 5.74) is 0. The summed E-state index contributed by atoms with van der Waals surface area (Å²) in [6, 6.07) is 0.634. The summed E-state index contributed by atoms with van der Waals surface area (Å²) in [4.78, 5) is 2.35. The Morgan fingerprint density at radius 3 is 2.64 bits per heavy atom. The highest BCUT2D eigenvalue weighted by Crippen LogP contribution is 1.99. The fourth-order valence-corrected chi connectivity index (χ4v) is 1.28. The van der Waals surface area contributed by atoms with Gasteiger partial charge in [-0.3, -0.25) is 0 Å². The molecule has 0 aliphatic heterocycles. The maximum absolute atomic E-state index is 5.32. The van der Waals surface area contributed by atoms with Gasteiger partial charge in [-0.05, 0) is 40.4 Å². The zero-order chi connectivity index (χ0) is 10.8. The van der Waals surface area contributed by atoms with Crippen LogP contribution in [0.5, 0.6) is 0 Å². The first-order chi connectivity index (χ1) is 6.72. The van der Waals surface area contributed by atoms with E-state index in [1.165, 1.54) is 6.42 Å². The molecule has 1 atom stereocenters. The summed E-state index contributed by atoms with van der Waals surface area (Å²) >= 11 is 0. The topological polar surface area (TPSA) is 24.5 Å². The molecule has 0 bridgehead atoms. The van der Waals surface area contributed by atoms with Crippen LogP contribution in [0.15, 0.2) is 0 Å². The molecule has 0 aromatic rings. The van der Waals surface area contributed by atoms with Crippen LogP contribution in [-0.4, -0.2) is 50.8 Å². The van der Waals surface area contributed by atoms with Gasteiger partial charge in [0, 0.05) is 19.2 Å². The van der Waals surface area contributed by atoms with Crippen LogP contribution in [0, 0.1) is 0 Å². The number of likely N-dealkylation sites (N-methyl/N-ethyl adjacent to an activating group) is 1. The smallest absolute Gasteiger partial charge is 0.0593 e. The van der Waals surface area contributed by atoms with Gasteiger partial charge in [0.25, 0.3) is 0 Å². The van der Waals surface area contributed by atoms with E-state index in [2.05, 4.69) is 31.1 Å². The second-order valence-electron chi connectivity index (χ2n) is 3.67. The van der Waals surface area contributed by atoms with Gasteiger partial charge in [-0.2, -0.15) is 0 Å². The van der Waals surface area contributed by atoms with Gasteiger partial charge in [0.2, 0.25) is 0 Å². The van der Waals surface area contributed by atoms with E-state index in [0.29, 0.717) is 6.04 Å². The normalized spacial score (nSPS) is 13.5. The minimum atomic E-state index is 0.634. The third-order valence-corrected chi connectivity index (χ3v) is 2.53. The van der Waals surface area contributed by atoms with Gasteiger partial charge in [-0.15, -0.1) is 0 Å². The summed E-state index contributed by atoms with van der Waals surface area (Å²) < 4.78 is 5.32. The van der Waals surface area contributed by atoms with Crippen LogP contribution in [0.25, 0.3) is 0 Å². The van der Waals surface area contributed by atoms with Crippen LogP contribution in [0.1, 0.15) is 27.2 Å². The Balaban J connectivity index is 3.39. The Morgan fingerprint density at radius 2 is 2.07 bits per heavy atom. The molecule has 0 rings (SSSR count). The molecule has 1 N–H and O–H groups in total. The highest BCUT2D eigenvalue weighted by molar-refractivity contribution is 4.64. The van der Waals surface area contributed by atoms with Crippen LogP contribution in [-0.2, 0) is 4.74 Å². The third-order valence-electron chi connectivity index (χ3n) is 2.53. The van der Waals surface area contributed by atoms with Crippen molar-refractivity contribution in [2.45, 2.75) is 33.2 Å². The molecule has 0 aromatic heterocycles. The highest BCUT2D eigenvalue weighted by Gasteiger charge is 2.07. The first-order valence-corrected chi connectivity index (χ1v) is 5.71. The van der Waals surface area contributed by atoms with Gasteiger partial charge in [0.15, 0.2) is 0 Å². The van der Waals surface area contributed by atoms with Gasteiger partial charge in [0.05, 0.1) is 6.61 Å². The maximum atomic E-state index is 5.32. The Labute approximate surface area is 88.8 Å². The number of rotatable bonds is 9. The molecule has 0 saturated heterocycles. The standard InChI is InChI=1S/C11H26N2O/c1-5-12-8-7-11(3)13(4)9-10-14-6-2/h11-12H,5-10H2,1-4H3. The summed E-state index contributed by atoms with van der Waals surface area (Å²) in [5.74, 6) is 0. The fourth-order valence-electron chi connectivity index (χ4n) is 1.28. The number of ether oxygens (including phenoxy) is 1. The van der Waals surface area contributed by atoms with Crippen molar-refractivity contribution in [3.8, 4) is 0 Å². The lowest BCUT2D eigenvalue weighted by Gasteiger charge is -2.24. The van der Waals surface area contributed by atoms with Gasteiger partial charge in [-0.25, -0.2) is 0 Å². The van der Waals surface area contributed by atoms with Crippen LogP contribution in [0.4, 0.5) is 0 Å². The Kier molecular flexibility index (Phi) is 9.35. The lowest BCUT2D eigenvalue weighted by atomic mass is 10.2. The number of nitrogens with zero attached hydrogens (tertiary/aromatic N) is 1. The average Bonchev–Trinajstić information content (AvgIpc) is 2.18. The monoisotopic (exact) mass is 202 g/mol. The van der Waals surface area contributed by atoms with Crippen molar-refractivity contribution in [2.75, 3.05) is 39.9 Å². The van der Waals surface area contributed by atoms with Crippen LogP contribution >= 0.6 is 0 Å². The van der Waals surface area contributed by atoms with E-state index in [0.717, 1.165) is 32.8 Å². The van der Waals surface area contributed by atoms with Crippen molar-refractivity contribution in [2.24, 2.45) is 0 Å². The predicted octanol–water partition coefficient (Wildman–Crippen LogP) is 1.34. The third kappa shape index (κ3) is 7.30. The van der Waals surface area contributed by atoms with Crippen molar-refractivity contribution in [1.29, 1.82) is 0 Å². The molecule has 0 fully saturated rings. The summed E-state index contributed by atoms with van der Waals surface area (Å²) in [7, 11) is 2.16. The Hall–Kier alpha value is -0.120. The minimum absolute atomic E-state index is 0.634. The van der Waals surface area contributed by atoms with E-state index in [4.69, 9.17) is 4.74 Å². The molecule has 0 saturated carbocycles. The minimum Gasteiger partial charge on any atom is -0.380 e.